The highest BCUT2D eigenvalue weighted by Crippen LogP contribution is 2.42. The molecule has 0 bridgehead atoms. The van der Waals surface area contributed by atoms with E-state index in [1.54, 1.807) is 49.3 Å². The van der Waals surface area contributed by atoms with E-state index in [2.05, 4.69) is 55.9 Å². The molecule has 16 rings (SSSR count). The molecule has 8 aliphatic rings. The zero-order valence-corrected chi connectivity index (χ0v) is 50.9. The maximum absolute atomic E-state index is 10.3. The van der Waals surface area contributed by atoms with Gasteiger partial charge in [0.05, 0.1) is 66.8 Å². The summed E-state index contributed by atoms with van der Waals surface area (Å²) in [6, 6.07) is 0. The largest absolute Gasteiger partial charge is 0.394 e. The van der Waals surface area contributed by atoms with E-state index in [1.807, 2.05) is 48.6 Å². The fourth-order valence-electron chi connectivity index (χ4n) is 12.9. The number of aliphatic hydroxyl groups excluding tert-OH is 12. The van der Waals surface area contributed by atoms with Crippen LogP contribution in [0, 0.1) is 0 Å². The molecule has 0 spiro atoms. The highest BCUT2D eigenvalue weighted by atomic mass is 16.6. The van der Waals surface area contributed by atoms with Gasteiger partial charge in [-0.05, 0) is 35.6 Å². The first-order valence-corrected chi connectivity index (χ1v) is 30.5. The molecule has 4 unspecified atom stereocenters. The van der Waals surface area contributed by atoms with Gasteiger partial charge in [-0.25, -0.2) is 39.9 Å². The monoisotopic (exact) mass is 1320 g/mol. The lowest BCUT2D eigenvalue weighted by Gasteiger charge is -2.17. The molecule has 4 saturated heterocycles. The van der Waals surface area contributed by atoms with Crippen LogP contribution in [0.2, 0.25) is 0 Å². The summed E-state index contributed by atoms with van der Waals surface area (Å²) in [7, 11) is 0. The van der Waals surface area contributed by atoms with Gasteiger partial charge in [-0.15, -0.1) is 0 Å². The Morgan fingerprint density at radius 2 is 0.802 bits per heavy atom. The van der Waals surface area contributed by atoms with E-state index < -0.39 is 111 Å². The maximum Gasteiger partial charge on any atom is 0.164 e. The zero-order valence-electron chi connectivity index (χ0n) is 50.9. The third-order valence-electron chi connectivity index (χ3n) is 17.8. The van der Waals surface area contributed by atoms with Crippen molar-refractivity contribution >= 4 is 96.1 Å². The van der Waals surface area contributed by atoms with Crippen molar-refractivity contribution in [1.82, 2.24) is 58.1 Å². The molecule has 34 heteroatoms. The topological polar surface area (TPSA) is 531 Å². The van der Waals surface area contributed by atoms with E-state index in [-0.39, 0.29) is 13.2 Å². The van der Waals surface area contributed by atoms with E-state index in [4.69, 9.17) is 41.9 Å². The average molecular weight is 1320 g/mol. The molecule has 0 aromatic carbocycles. The molecular formula is C62H70N18O16. The van der Waals surface area contributed by atoms with Crippen LogP contribution >= 0.6 is 0 Å². The number of nitrogens with two attached hydrogens (primary N) is 4. The second-order valence-corrected chi connectivity index (χ2v) is 23.4. The number of fused-ring (bicyclic) bond motifs is 4. The van der Waals surface area contributed by atoms with E-state index in [0.717, 1.165) is 57.5 Å². The van der Waals surface area contributed by atoms with Gasteiger partial charge in [0, 0.05) is 53.3 Å². The van der Waals surface area contributed by atoms with E-state index >= 15 is 0 Å². The fourth-order valence-corrected chi connectivity index (χ4v) is 12.9. The molecule has 0 radical (unpaired) electrons. The predicted molar refractivity (Wildman–Crippen MR) is 345 cm³/mol. The first-order valence-electron chi connectivity index (χ1n) is 30.5. The molecule has 2 aliphatic carbocycles. The summed E-state index contributed by atoms with van der Waals surface area (Å²) in [6.07, 6.45) is 17.1. The van der Waals surface area contributed by atoms with Crippen LogP contribution in [0.3, 0.4) is 0 Å². The van der Waals surface area contributed by atoms with Gasteiger partial charge in [0.1, 0.15) is 144 Å². The van der Waals surface area contributed by atoms with Crippen LogP contribution in [-0.2, 0) is 18.9 Å². The van der Waals surface area contributed by atoms with E-state index in [9.17, 15) is 61.3 Å². The van der Waals surface area contributed by atoms with Gasteiger partial charge in [0.25, 0.3) is 0 Å². The summed E-state index contributed by atoms with van der Waals surface area (Å²) in [5.41, 5.74) is 33.0. The SMILES string of the molecule is Nc1ncnc2c1c(C1=CC=CC1)cn2[C@@H]1O[C@H](CO)C(O)[C@@H]1O.Nc1ncnc2c1c(C1=CCC=C1)cn2[C@@H]1O[C@H](CO)C(O)[C@@H]1O.Nc1ncnc2c1c(C1=CCN=C1)cn2[C@@H]1O[C@H](CO)C(O)[C@@H]1O.Nc1ncnc2c1c(C1=NCC=C1)cn2[C@@H]1O[C@H](CO)C(O)[C@@H]1O. The van der Waals surface area contributed by atoms with Crippen molar-refractivity contribution in [2.45, 2.75) is 111 Å². The molecule has 6 aliphatic heterocycles. The normalized spacial score (nSPS) is 29.5. The average Bonchev–Trinajstić information content (AvgIpc) is 1.62. The molecule has 14 heterocycles. The van der Waals surface area contributed by atoms with Crippen LogP contribution in [0.5, 0.6) is 0 Å². The minimum Gasteiger partial charge on any atom is -0.394 e. The number of allylic oxidation sites excluding steroid dienone is 10. The Bertz CT molecular complexity index is 4170. The first-order chi connectivity index (χ1) is 46.5. The molecule has 16 atom stereocenters. The molecular weight excluding hydrogens is 1250 g/mol. The molecule has 20 N–H and O–H groups in total. The number of nitrogen functional groups attached to an aromatic ring is 4. The van der Waals surface area contributed by atoms with Crippen molar-refractivity contribution in [3.63, 3.8) is 0 Å². The summed E-state index contributed by atoms with van der Waals surface area (Å²) in [5.74, 6) is 1.28. The number of aromatic nitrogens is 12. The van der Waals surface area contributed by atoms with Gasteiger partial charge in [-0.2, -0.15) is 0 Å². The minimum absolute atomic E-state index is 0.295. The molecule has 34 nitrogen and oxygen atoms in total. The maximum atomic E-state index is 10.3. The Morgan fingerprint density at radius 1 is 0.417 bits per heavy atom. The van der Waals surface area contributed by atoms with E-state index in [0.29, 0.717) is 80.5 Å². The molecule has 504 valence electrons. The lowest BCUT2D eigenvalue weighted by atomic mass is 10.1. The van der Waals surface area contributed by atoms with Crippen molar-refractivity contribution in [2.75, 3.05) is 62.5 Å². The number of aliphatic hydroxyl groups is 12. The summed E-state index contributed by atoms with van der Waals surface area (Å²) in [4.78, 5) is 41.8. The molecule has 0 saturated carbocycles. The summed E-state index contributed by atoms with van der Waals surface area (Å²) in [5, 5.41) is 121. The number of ether oxygens (including phenoxy) is 4. The van der Waals surface area contributed by atoms with Crippen molar-refractivity contribution in [3.8, 4) is 0 Å². The summed E-state index contributed by atoms with van der Waals surface area (Å²) < 4.78 is 28.9. The Kier molecular flexibility index (Phi) is 18.5. The number of hydrogen-bond acceptors (Lipinski definition) is 30. The number of aliphatic imine (C=N–C) groups is 2. The Hall–Kier alpha value is -9.18. The number of rotatable bonds is 12. The van der Waals surface area contributed by atoms with Gasteiger partial charge in [0.15, 0.2) is 24.9 Å². The second kappa shape index (κ2) is 27.1. The Balaban J connectivity index is 0.000000116. The fraction of sp³-hybridized carbons (Fsp3) is 0.387. The number of hydrogen-bond donors (Lipinski definition) is 16. The zero-order chi connectivity index (χ0) is 67.4. The van der Waals surface area contributed by atoms with Gasteiger partial charge in [-0.3, -0.25) is 9.98 Å². The third kappa shape index (κ3) is 11.6. The van der Waals surface area contributed by atoms with Crippen LogP contribution in [0.1, 0.15) is 60.0 Å². The highest BCUT2D eigenvalue weighted by molar-refractivity contribution is 6.19. The van der Waals surface area contributed by atoms with Gasteiger partial charge < -0.3 is 121 Å². The molecule has 0 amide bonds. The first kappa shape index (κ1) is 65.5. The van der Waals surface area contributed by atoms with Crippen LogP contribution < -0.4 is 22.9 Å². The van der Waals surface area contributed by atoms with Crippen LogP contribution in [0.4, 0.5) is 23.3 Å². The Morgan fingerprint density at radius 3 is 1.14 bits per heavy atom. The predicted octanol–water partition coefficient (Wildman–Crippen LogP) is -1.99. The highest BCUT2D eigenvalue weighted by Gasteiger charge is 2.48. The summed E-state index contributed by atoms with van der Waals surface area (Å²) >= 11 is 0. The van der Waals surface area contributed by atoms with E-state index in [1.165, 1.54) is 25.3 Å². The van der Waals surface area contributed by atoms with Crippen molar-refractivity contribution in [2.24, 2.45) is 9.98 Å². The van der Waals surface area contributed by atoms with Crippen LogP contribution in [0.15, 0.2) is 115 Å². The lowest BCUT2D eigenvalue weighted by molar-refractivity contribution is -0.0508. The summed E-state index contributed by atoms with van der Waals surface area (Å²) in [6.45, 7) is -0.380. The van der Waals surface area contributed by atoms with Crippen LogP contribution in [0.25, 0.3) is 60.9 Å². The smallest absolute Gasteiger partial charge is 0.164 e. The molecule has 8 aromatic rings. The molecule has 96 heavy (non-hydrogen) atoms. The van der Waals surface area contributed by atoms with Crippen LogP contribution in [-0.4, -0.2) is 244 Å². The van der Waals surface area contributed by atoms with Gasteiger partial charge in [0.2, 0.25) is 0 Å². The number of anilines is 4. The van der Waals surface area contributed by atoms with Crippen molar-refractivity contribution in [3.05, 3.63) is 127 Å². The second-order valence-electron chi connectivity index (χ2n) is 23.4. The van der Waals surface area contributed by atoms with Crippen molar-refractivity contribution in [1.29, 1.82) is 0 Å². The van der Waals surface area contributed by atoms with Gasteiger partial charge >= 0.3 is 0 Å². The quantitative estimate of drug-likeness (QED) is 0.0630. The lowest BCUT2D eigenvalue weighted by Crippen LogP contribution is -2.33. The third-order valence-corrected chi connectivity index (χ3v) is 17.8. The number of nitrogens with zero attached hydrogens (tertiary/aromatic N) is 14. The van der Waals surface area contributed by atoms with Crippen molar-refractivity contribution < 1.29 is 80.2 Å². The Labute approximate surface area is 543 Å². The molecule has 8 aromatic heterocycles. The van der Waals surface area contributed by atoms with Gasteiger partial charge in [-0.1, -0.05) is 48.6 Å². The molecule has 4 fully saturated rings. The standard InChI is InChI=1S/2C16H18N4O4.2C15H17N5O4/c2*17-14-11-9(8-3-1-2-4-8)5-20(15(11)19-7-18-14)16-13(23)12(22)10(6-21)24-16;16-13-10-8(7-1-2-17-3-7)4-20(14(10)19-6-18-13)15-12(23)11(22)9(5-21)24-15;16-13-10-7(8-2-1-3-17-8)4-20(14(10)19-6-18-13)15-12(23)11(22)9(5-21)24-15/h1,3-5,7,10,12-13,16,21-23H,2,6H2,(H2,17,18,19);1-3,5,7,10,12-13,16,21-23H,4,6H2,(H2,17,18,19);1,3-4,6,9,11-12,15,21-23H,2,5H2,(H2,16,18,19);1-2,4,6,9,11-12,15,21-23H,3,5H2,(H2,16,18,19)/t2*10-,12?,13+,16-;2*9-,11?,12+,15-/m1111/s1. The minimum atomic E-state index is -1.21.